The molecule has 0 radical (unpaired) electrons. The van der Waals surface area contributed by atoms with Crippen molar-refractivity contribution in [1.82, 2.24) is 0 Å². The molecule has 1 fully saturated rings. The fraction of sp³-hybridized carbons (Fsp3) is 0.391. The van der Waals surface area contributed by atoms with Crippen molar-refractivity contribution in [2.45, 2.75) is 44.5 Å². The van der Waals surface area contributed by atoms with E-state index in [0.29, 0.717) is 13.0 Å². The Labute approximate surface area is 198 Å². The van der Waals surface area contributed by atoms with E-state index in [2.05, 4.69) is 11.8 Å². The van der Waals surface area contributed by atoms with E-state index in [1.165, 1.54) is 12.1 Å². The van der Waals surface area contributed by atoms with E-state index in [1.54, 1.807) is 19.1 Å². The average molecular weight is 473 g/mol. The molecular formula is C23H25BrFMgO3+. The van der Waals surface area contributed by atoms with Crippen LogP contribution in [0.25, 0.3) is 11.1 Å². The summed E-state index contributed by atoms with van der Waals surface area (Å²) in [5.74, 6) is 5.65. The average Bonchev–Trinajstić information content (AvgIpc) is 2.69. The van der Waals surface area contributed by atoms with E-state index in [1.807, 2.05) is 24.3 Å². The van der Waals surface area contributed by atoms with Crippen LogP contribution in [-0.2, 0) is 15.1 Å². The third-order valence-corrected chi connectivity index (χ3v) is 4.63. The van der Waals surface area contributed by atoms with E-state index < -0.39 is 5.60 Å². The summed E-state index contributed by atoms with van der Waals surface area (Å²) in [6.45, 7) is 2.94. The molecule has 1 N–H and O–H groups in total. The number of hydrogen-bond donors (Lipinski definition) is 1. The van der Waals surface area contributed by atoms with Gasteiger partial charge in [-0.05, 0) is 55.0 Å². The molecule has 2 unspecified atom stereocenters. The molecule has 3 nitrogen and oxygen atoms in total. The summed E-state index contributed by atoms with van der Waals surface area (Å²) in [4.78, 5) is 0. The number of benzene rings is 2. The number of aliphatic hydroxyl groups is 1. The molecule has 0 amide bonds. The van der Waals surface area contributed by atoms with Crippen molar-refractivity contribution in [2.75, 3.05) is 13.2 Å². The summed E-state index contributed by atoms with van der Waals surface area (Å²) in [6.07, 6.45) is 3.61. The maximum atomic E-state index is 13.0. The number of hydrogen-bond acceptors (Lipinski definition) is 3. The number of rotatable bonds is 5. The minimum atomic E-state index is -1.23. The van der Waals surface area contributed by atoms with Crippen LogP contribution in [0.4, 0.5) is 4.39 Å². The Kier molecular flexibility index (Phi) is 11.4. The van der Waals surface area contributed by atoms with Crippen LogP contribution in [0.1, 0.15) is 38.2 Å². The van der Waals surface area contributed by atoms with Crippen LogP contribution >= 0.6 is 0 Å². The van der Waals surface area contributed by atoms with Gasteiger partial charge in [-0.1, -0.05) is 48.2 Å². The zero-order chi connectivity index (χ0) is 19.1. The van der Waals surface area contributed by atoms with Crippen LogP contribution in [0.5, 0.6) is 0 Å². The first kappa shape index (κ1) is 26.1. The largest absolute Gasteiger partial charge is 2.00 e. The first-order chi connectivity index (χ1) is 13.0. The molecule has 0 bridgehead atoms. The van der Waals surface area contributed by atoms with Gasteiger partial charge in [0.2, 0.25) is 0 Å². The molecule has 2 atom stereocenters. The molecule has 6 heteroatoms. The van der Waals surface area contributed by atoms with Crippen LogP contribution in [-0.4, -0.2) is 47.7 Å². The van der Waals surface area contributed by atoms with Gasteiger partial charge in [-0.3, -0.25) is 0 Å². The van der Waals surface area contributed by atoms with E-state index in [9.17, 15) is 9.50 Å². The van der Waals surface area contributed by atoms with Crippen LogP contribution in [0.3, 0.4) is 0 Å². The monoisotopic (exact) mass is 471 g/mol. The summed E-state index contributed by atoms with van der Waals surface area (Å²) in [7, 11) is 0. The van der Waals surface area contributed by atoms with Crippen molar-refractivity contribution in [1.29, 1.82) is 0 Å². The molecule has 150 valence electrons. The predicted molar refractivity (Wildman–Crippen MR) is 109 cm³/mol. The van der Waals surface area contributed by atoms with Crippen LogP contribution < -0.4 is 17.0 Å². The van der Waals surface area contributed by atoms with Crippen LogP contribution in [0.2, 0.25) is 0 Å². The topological polar surface area (TPSA) is 38.7 Å². The molecule has 0 aromatic heterocycles. The van der Waals surface area contributed by atoms with Crippen molar-refractivity contribution in [2.24, 2.45) is 0 Å². The van der Waals surface area contributed by atoms with Gasteiger partial charge in [-0.2, -0.15) is 0 Å². The Balaban J connectivity index is 0.00000210. The summed E-state index contributed by atoms with van der Waals surface area (Å²) < 4.78 is 24.2. The molecule has 1 saturated heterocycles. The summed E-state index contributed by atoms with van der Waals surface area (Å²) >= 11 is 0. The van der Waals surface area contributed by atoms with Crippen molar-refractivity contribution in [3.8, 4) is 23.0 Å². The van der Waals surface area contributed by atoms with Gasteiger partial charge < -0.3 is 31.6 Å². The van der Waals surface area contributed by atoms with Crippen LogP contribution in [0, 0.1) is 17.7 Å². The molecule has 1 heterocycles. The maximum Gasteiger partial charge on any atom is 2.00 e. The van der Waals surface area contributed by atoms with Crippen molar-refractivity contribution >= 4 is 23.1 Å². The van der Waals surface area contributed by atoms with Gasteiger partial charge in [0.05, 0.1) is 6.61 Å². The zero-order valence-corrected chi connectivity index (χ0v) is 19.7. The number of halogens is 2. The maximum absolute atomic E-state index is 13.0. The molecule has 1 aliphatic rings. The third-order valence-electron chi connectivity index (χ3n) is 4.63. The SMILES string of the molecule is CC(O)(C#CCCOC1CCCCO1)c1ccc(-c2ccc(F)cc2)cc1.[Br-].[Mg+2]. The Bertz CT molecular complexity index is 792. The van der Waals surface area contributed by atoms with Gasteiger partial charge in [-0.15, -0.1) is 0 Å². The molecule has 1 aliphatic heterocycles. The fourth-order valence-electron chi connectivity index (χ4n) is 3.02. The van der Waals surface area contributed by atoms with Crippen LogP contribution in [0.15, 0.2) is 48.5 Å². The Morgan fingerprint density at radius 3 is 2.31 bits per heavy atom. The quantitative estimate of drug-likeness (QED) is 0.405. The van der Waals surface area contributed by atoms with Crippen molar-refractivity contribution < 1.29 is 36.0 Å². The first-order valence-electron chi connectivity index (χ1n) is 9.37. The van der Waals surface area contributed by atoms with E-state index >= 15 is 0 Å². The molecule has 29 heavy (non-hydrogen) atoms. The standard InChI is InChI=1S/C23H25FO3.BrH.Mg/c1-23(25,15-3-5-17-27-22-6-2-4-16-26-22)20-11-7-18(8-12-20)19-9-13-21(24)14-10-19;;/h7-14,22,25H,2,4-6,16-17H2,1H3;1H;/q;;+2/p-1. The van der Waals surface area contributed by atoms with Gasteiger partial charge >= 0.3 is 23.1 Å². The van der Waals surface area contributed by atoms with Gasteiger partial charge in [0.1, 0.15) is 11.4 Å². The molecule has 2 aromatic carbocycles. The summed E-state index contributed by atoms with van der Waals surface area (Å²) in [6, 6.07) is 13.8. The normalized spacial score (nSPS) is 17.7. The molecular weight excluding hydrogens is 447 g/mol. The zero-order valence-electron chi connectivity index (χ0n) is 16.7. The van der Waals surface area contributed by atoms with E-state index in [-0.39, 0.29) is 52.1 Å². The minimum Gasteiger partial charge on any atom is -1.00 e. The molecule has 0 saturated carbocycles. The fourth-order valence-corrected chi connectivity index (χ4v) is 3.02. The summed E-state index contributed by atoms with van der Waals surface area (Å²) in [5, 5.41) is 10.6. The predicted octanol–water partition coefficient (Wildman–Crippen LogP) is 1.26. The second-order valence-corrected chi connectivity index (χ2v) is 6.88. The van der Waals surface area contributed by atoms with Crippen molar-refractivity contribution in [3.63, 3.8) is 0 Å². The second kappa shape index (κ2) is 12.7. The second-order valence-electron chi connectivity index (χ2n) is 6.88. The third kappa shape index (κ3) is 8.01. The minimum absolute atomic E-state index is 0. The van der Waals surface area contributed by atoms with E-state index in [4.69, 9.17) is 9.47 Å². The summed E-state index contributed by atoms with van der Waals surface area (Å²) in [5.41, 5.74) is 1.37. The van der Waals surface area contributed by atoms with Gasteiger partial charge in [0.15, 0.2) is 6.29 Å². The van der Waals surface area contributed by atoms with Gasteiger partial charge in [0.25, 0.3) is 0 Å². The van der Waals surface area contributed by atoms with Gasteiger partial charge in [-0.25, -0.2) is 4.39 Å². The molecule has 3 rings (SSSR count). The van der Waals surface area contributed by atoms with Gasteiger partial charge in [0, 0.05) is 13.0 Å². The molecule has 2 aromatic rings. The van der Waals surface area contributed by atoms with Crippen molar-refractivity contribution in [3.05, 3.63) is 59.9 Å². The first-order valence-corrected chi connectivity index (χ1v) is 9.37. The molecule has 0 spiro atoms. The Morgan fingerprint density at radius 2 is 1.72 bits per heavy atom. The molecule has 0 aliphatic carbocycles. The smallest absolute Gasteiger partial charge is 1.00 e. The number of ether oxygens (including phenoxy) is 2. The Morgan fingerprint density at radius 1 is 1.10 bits per heavy atom. The Hall–Kier alpha value is -0.944. The van der Waals surface area contributed by atoms with E-state index in [0.717, 1.165) is 42.6 Å².